The summed E-state index contributed by atoms with van der Waals surface area (Å²) in [5, 5.41) is 0. The average Bonchev–Trinajstić information content (AvgIpc) is 2.80. The third kappa shape index (κ3) is 3.33. The molecule has 17 heavy (non-hydrogen) atoms. The molecule has 0 aromatic carbocycles. The Morgan fingerprint density at radius 3 is 3.06 bits per heavy atom. The first-order valence-corrected chi connectivity index (χ1v) is 6.50. The van der Waals surface area contributed by atoms with Crippen molar-refractivity contribution >= 4 is 22.0 Å². The highest BCUT2D eigenvalue weighted by Crippen LogP contribution is 2.22. The van der Waals surface area contributed by atoms with Gasteiger partial charge in [-0.05, 0) is 18.9 Å². The fourth-order valence-corrected chi connectivity index (χ4v) is 2.40. The molecule has 2 rings (SSSR count). The lowest BCUT2D eigenvalue weighted by molar-refractivity contribution is 0.0202. The zero-order valence-electron chi connectivity index (χ0n) is 9.77. The number of likely N-dealkylation sites (tertiary alicyclic amines) is 1. The van der Waals surface area contributed by atoms with Gasteiger partial charge < -0.3 is 14.4 Å². The van der Waals surface area contributed by atoms with Crippen LogP contribution in [-0.2, 0) is 9.47 Å². The molecule has 2 unspecified atom stereocenters. The SMILES string of the molecule is COC(=O)N1CCC(OC2C=CC(Br)=CC2)C1. The fourth-order valence-electron chi connectivity index (χ4n) is 2.06. The Labute approximate surface area is 109 Å². The highest BCUT2D eigenvalue weighted by Gasteiger charge is 2.28. The summed E-state index contributed by atoms with van der Waals surface area (Å²) in [5.41, 5.74) is 0. The van der Waals surface area contributed by atoms with E-state index in [1.165, 1.54) is 7.11 Å². The van der Waals surface area contributed by atoms with Gasteiger partial charge in [-0.3, -0.25) is 0 Å². The van der Waals surface area contributed by atoms with Crippen molar-refractivity contribution in [3.05, 3.63) is 22.7 Å². The molecule has 1 amide bonds. The Kier molecular flexibility index (Phi) is 4.23. The highest BCUT2D eigenvalue weighted by atomic mass is 79.9. The summed E-state index contributed by atoms with van der Waals surface area (Å²) in [6.45, 7) is 1.34. The maximum absolute atomic E-state index is 11.3. The lowest BCUT2D eigenvalue weighted by atomic mass is 10.1. The second kappa shape index (κ2) is 5.69. The normalized spacial score (nSPS) is 28.1. The van der Waals surface area contributed by atoms with Gasteiger partial charge in [-0.15, -0.1) is 0 Å². The molecule has 1 aliphatic heterocycles. The molecule has 0 bridgehead atoms. The molecule has 1 aliphatic carbocycles. The van der Waals surface area contributed by atoms with Crippen molar-refractivity contribution < 1.29 is 14.3 Å². The van der Waals surface area contributed by atoms with Crippen molar-refractivity contribution in [3.63, 3.8) is 0 Å². The summed E-state index contributed by atoms with van der Waals surface area (Å²) in [6, 6.07) is 0. The summed E-state index contributed by atoms with van der Waals surface area (Å²) in [5.74, 6) is 0. The second-order valence-corrected chi connectivity index (χ2v) is 5.10. The molecule has 2 atom stereocenters. The zero-order valence-corrected chi connectivity index (χ0v) is 11.4. The average molecular weight is 302 g/mol. The Hall–Kier alpha value is -0.810. The van der Waals surface area contributed by atoms with Crippen LogP contribution in [0.1, 0.15) is 12.8 Å². The van der Waals surface area contributed by atoms with Crippen LogP contribution in [0.2, 0.25) is 0 Å². The molecule has 1 saturated heterocycles. The Balaban J connectivity index is 1.79. The van der Waals surface area contributed by atoms with Crippen LogP contribution in [0.5, 0.6) is 0 Å². The molecule has 1 heterocycles. The number of carbonyl (C=O) groups excluding carboxylic acids is 1. The third-order valence-electron chi connectivity index (χ3n) is 2.96. The number of hydrogen-bond acceptors (Lipinski definition) is 3. The van der Waals surface area contributed by atoms with Crippen LogP contribution >= 0.6 is 15.9 Å². The second-order valence-electron chi connectivity index (χ2n) is 4.19. The maximum Gasteiger partial charge on any atom is 0.409 e. The van der Waals surface area contributed by atoms with Crippen LogP contribution in [0.15, 0.2) is 22.7 Å². The summed E-state index contributed by atoms with van der Waals surface area (Å²) in [4.78, 5) is 13.0. The van der Waals surface area contributed by atoms with Gasteiger partial charge in [0.15, 0.2) is 0 Å². The number of nitrogens with zero attached hydrogens (tertiary/aromatic N) is 1. The molecular weight excluding hydrogens is 286 g/mol. The first-order chi connectivity index (χ1) is 8.19. The number of carbonyl (C=O) groups is 1. The molecule has 0 N–H and O–H groups in total. The molecule has 0 aromatic heterocycles. The number of amides is 1. The first-order valence-electron chi connectivity index (χ1n) is 5.71. The number of rotatable bonds is 2. The minimum Gasteiger partial charge on any atom is -0.453 e. The Morgan fingerprint density at radius 2 is 2.41 bits per heavy atom. The van der Waals surface area contributed by atoms with Gasteiger partial charge in [0.2, 0.25) is 0 Å². The van der Waals surface area contributed by atoms with E-state index in [0.29, 0.717) is 13.1 Å². The molecule has 94 valence electrons. The van der Waals surface area contributed by atoms with E-state index in [1.807, 2.05) is 12.2 Å². The number of allylic oxidation sites excluding steroid dienone is 2. The molecule has 2 aliphatic rings. The highest BCUT2D eigenvalue weighted by molar-refractivity contribution is 9.11. The minimum absolute atomic E-state index is 0.119. The van der Waals surface area contributed by atoms with E-state index in [0.717, 1.165) is 17.3 Å². The van der Waals surface area contributed by atoms with Crippen molar-refractivity contribution in [2.45, 2.75) is 25.0 Å². The Morgan fingerprint density at radius 1 is 1.59 bits per heavy atom. The number of hydrogen-bond donors (Lipinski definition) is 0. The number of methoxy groups -OCH3 is 1. The van der Waals surface area contributed by atoms with Crippen molar-refractivity contribution in [2.24, 2.45) is 0 Å². The standard InChI is InChI=1S/C12H16BrNO3/c1-16-12(15)14-7-6-11(8-14)17-10-4-2-9(13)3-5-10/h2-4,10-11H,5-8H2,1H3. The van der Waals surface area contributed by atoms with Gasteiger partial charge in [-0.1, -0.05) is 28.1 Å². The van der Waals surface area contributed by atoms with Gasteiger partial charge in [-0.2, -0.15) is 0 Å². The van der Waals surface area contributed by atoms with E-state index in [4.69, 9.17) is 4.74 Å². The summed E-state index contributed by atoms with van der Waals surface area (Å²) < 4.78 is 11.7. The third-order valence-corrected chi connectivity index (χ3v) is 3.55. The molecule has 0 radical (unpaired) electrons. The molecular formula is C12H16BrNO3. The molecule has 5 heteroatoms. The van der Waals surface area contributed by atoms with Gasteiger partial charge in [-0.25, -0.2) is 4.79 Å². The van der Waals surface area contributed by atoms with Crippen molar-refractivity contribution in [3.8, 4) is 0 Å². The van der Waals surface area contributed by atoms with Crippen molar-refractivity contribution in [2.75, 3.05) is 20.2 Å². The van der Waals surface area contributed by atoms with Crippen LogP contribution in [0, 0.1) is 0 Å². The lowest BCUT2D eigenvalue weighted by Crippen LogP contribution is -2.31. The van der Waals surface area contributed by atoms with Gasteiger partial charge in [0.05, 0.1) is 25.9 Å². The summed E-state index contributed by atoms with van der Waals surface area (Å²) >= 11 is 3.42. The molecule has 0 aromatic rings. The van der Waals surface area contributed by atoms with E-state index in [1.54, 1.807) is 4.90 Å². The molecule has 1 fully saturated rings. The lowest BCUT2D eigenvalue weighted by Gasteiger charge is -2.20. The zero-order chi connectivity index (χ0) is 12.3. The van der Waals surface area contributed by atoms with Crippen LogP contribution in [0.4, 0.5) is 4.79 Å². The van der Waals surface area contributed by atoms with Crippen LogP contribution in [0.3, 0.4) is 0 Å². The van der Waals surface area contributed by atoms with E-state index in [2.05, 4.69) is 26.7 Å². The van der Waals surface area contributed by atoms with E-state index >= 15 is 0 Å². The molecule has 4 nitrogen and oxygen atoms in total. The topological polar surface area (TPSA) is 38.8 Å². The van der Waals surface area contributed by atoms with E-state index in [9.17, 15) is 4.79 Å². The number of ether oxygens (including phenoxy) is 2. The summed E-state index contributed by atoms with van der Waals surface area (Å²) in [6.07, 6.45) is 7.88. The van der Waals surface area contributed by atoms with Gasteiger partial charge in [0.25, 0.3) is 0 Å². The minimum atomic E-state index is -0.266. The molecule has 0 spiro atoms. The van der Waals surface area contributed by atoms with Gasteiger partial charge in [0.1, 0.15) is 0 Å². The van der Waals surface area contributed by atoms with Gasteiger partial charge in [0, 0.05) is 11.0 Å². The van der Waals surface area contributed by atoms with Crippen LogP contribution in [0.25, 0.3) is 0 Å². The smallest absolute Gasteiger partial charge is 0.409 e. The van der Waals surface area contributed by atoms with E-state index in [-0.39, 0.29) is 18.3 Å². The van der Waals surface area contributed by atoms with Crippen LogP contribution in [-0.4, -0.2) is 43.4 Å². The maximum atomic E-state index is 11.3. The largest absolute Gasteiger partial charge is 0.453 e. The fraction of sp³-hybridized carbons (Fsp3) is 0.583. The van der Waals surface area contributed by atoms with Crippen LogP contribution < -0.4 is 0 Å². The van der Waals surface area contributed by atoms with Gasteiger partial charge >= 0.3 is 6.09 Å². The van der Waals surface area contributed by atoms with E-state index < -0.39 is 0 Å². The predicted molar refractivity (Wildman–Crippen MR) is 68.0 cm³/mol. The van der Waals surface area contributed by atoms with Crippen molar-refractivity contribution in [1.29, 1.82) is 0 Å². The van der Waals surface area contributed by atoms with Crippen molar-refractivity contribution in [1.82, 2.24) is 4.90 Å². The summed E-state index contributed by atoms with van der Waals surface area (Å²) in [7, 11) is 1.41. The molecule has 0 saturated carbocycles. The predicted octanol–water partition coefficient (Wildman–Crippen LogP) is 2.45. The first kappa shape index (κ1) is 12.6. The monoisotopic (exact) mass is 301 g/mol. The number of halogens is 1. The Bertz CT molecular complexity index is 354. The quantitative estimate of drug-likeness (QED) is 0.786.